The van der Waals surface area contributed by atoms with E-state index in [0.717, 1.165) is 58.2 Å². The Morgan fingerprint density at radius 2 is 2.09 bits per heavy atom. The van der Waals surface area contributed by atoms with Crippen LogP contribution in [0.1, 0.15) is 54.8 Å². The second kappa shape index (κ2) is 9.25. The van der Waals surface area contributed by atoms with Crippen LogP contribution in [0.4, 0.5) is 0 Å². The highest BCUT2D eigenvalue weighted by Crippen LogP contribution is 2.46. The number of nitrogens with zero attached hydrogens (tertiary/aromatic N) is 1. The molecule has 1 aliphatic carbocycles. The van der Waals surface area contributed by atoms with Crippen molar-refractivity contribution in [2.24, 2.45) is 5.92 Å². The molecular formula is C25H33ClN2O3S2. The lowest BCUT2D eigenvalue weighted by Crippen LogP contribution is -2.54. The summed E-state index contributed by atoms with van der Waals surface area (Å²) in [6, 6.07) is 9.46. The molecule has 2 aliphatic heterocycles. The van der Waals surface area contributed by atoms with Crippen molar-refractivity contribution in [2.45, 2.75) is 75.0 Å². The van der Waals surface area contributed by atoms with E-state index in [1.165, 1.54) is 15.3 Å². The van der Waals surface area contributed by atoms with E-state index in [4.69, 9.17) is 16.3 Å². The molecule has 1 N–H and O–H groups in total. The van der Waals surface area contributed by atoms with E-state index in [9.17, 15) is 8.42 Å². The summed E-state index contributed by atoms with van der Waals surface area (Å²) in [7, 11) is -3.58. The molecular weight excluding hydrogens is 476 g/mol. The van der Waals surface area contributed by atoms with E-state index in [2.05, 4.69) is 29.5 Å². The van der Waals surface area contributed by atoms with Crippen molar-refractivity contribution in [2.75, 3.05) is 19.7 Å². The van der Waals surface area contributed by atoms with Crippen molar-refractivity contribution in [3.63, 3.8) is 0 Å². The predicted molar refractivity (Wildman–Crippen MR) is 134 cm³/mol. The van der Waals surface area contributed by atoms with Crippen LogP contribution in [0.5, 0.6) is 0 Å². The molecule has 0 radical (unpaired) electrons. The number of likely N-dealkylation sites (tertiary alicyclic amines) is 1. The lowest BCUT2D eigenvalue weighted by molar-refractivity contribution is -0.114. The van der Waals surface area contributed by atoms with Gasteiger partial charge in [0.25, 0.3) is 0 Å². The highest BCUT2D eigenvalue weighted by atomic mass is 35.5. The lowest BCUT2D eigenvalue weighted by atomic mass is 9.77. The molecule has 0 unspecified atom stereocenters. The lowest BCUT2D eigenvalue weighted by Gasteiger charge is -2.49. The molecule has 8 heteroatoms. The molecule has 2 fully saturated rings. The molecule has 33 heavy (non-hydrogen) atoms. The molecule has 1 aromatic heterocycles. The third kappa shape index (κ3) is 4.65. The second-order valence-electron chi connectivity index (χ2n) is 9.88. The van der Waals surface area contributed by atoms with Crippen molar-refractivity contribution < 1.29 is 13.2 Å². The minimum absolute atomic E-state index is 0.00906. The second-order valence-corrected chi connectivity index (χ2v) is 13.2. The molecule has 5 rings (SSSR count). The first-order chi connectivity index (χ1) is 15.8. The first kappa shape index (κ1) is 23.8. The Bertz CT molecular complexity index is 1110. The summed E-state index contributed by atoms with van der Waals surface area (Å²) in [6.07, 6.45) is 5.98. The van der Waals surface area contributed by atoms with Crippen LogP contribution in [0.3, 0.4) is 0 Å². The molecule has 3 heterocycles. The fraction of sp³-hybridized carbons (Fsp3) is 0.600. The van der Waals surface area contributed by atoms with Gasteiger partial charge < -0.3 is 9.64 Å². The standard InChI is InChI=1S/C25H33ClN2O3S2/c1-3-20-14-21-23(32-20)8-11-31-25(21)9-10-28(17(2)15-25)16-18-12-19(13-18)27-33(29,30)24-7-5-4-6-22(24)26/h4-7,14,17-19,27H,3,8-13,15-16H2,1-2H3/t17-,18-,19+,25+/m0/s1. The van der Waals surface area contributed by atoms with E-state index in [1.54, 1.807) is 24.3 Å². The first-order valence-corrected chi connectivity index (χ1v) is 14.7. The summed E-state index contributed by atoms with van der Waals surface area (Å²) in [4.78, 5) is 5.75. The zero-order valence-corrected chi connectivity index (χ0v) is 21.7. The Labute approximate surface area is 206 Å². The maximum atomic E-state index is 12.7. The number of ether oxygens (including phenoxy) is 1. The number of benzene rings is 1. The van der Waals surface area contributed by atoms with Gasteiger partial charge in [-0.25, -0.2) is 13.1 Å². The van der Waals surface area contributed by atoms with Gasteiger partial charge in [-0.05, 0) is 68.7 Å². The number of sulfonamides is 1. The number of nitrogens with one attached hydrogen (secondary N) is 1. The van der Waals surface area contributed by atoms with Crippen LogP contribution in [-0.2, 0) is 33.2 Å². The van der Waals surface area contributed by atoms with Crippen LogP contribution >= 0.6 is 22.9 Å². The number of aryl methyl sites for hydroxylation is 1. The molecule has 1 saturated heterocycles. The average molecular weight is 509 g/mol. The monoisotopic (exact) mass is 508 g/mol. The molecule has 2 aromatic rings. The van der Waals surface area contributed by atoms with Crippen molar-refractivity contribution in [3.8, 4) is 0 Å². The maximum absolute atomic E-state index is 12.7. The van der Waals surface area contributed by atoms with Gasteiger partial charge >= 0.3 is 0 Å². The summed E-state index contributed by atoms with van der Waals surface area (Å²) in [5.74, 6) is 0.524. The van der Waals surface area contributed by atoms with Crippen LogP contribution in [0.25, 0.3) is 0 Å². The topological polar surface area (TPSA) is 58.6 Å². The zero-order valence-electron chi connectivity index (χ0n) is 19.3. The van der Waals surface area contributed by atoms with Crippen LogP contribution in [0.2, 0.25) is 5.02 Å². The Kier molecular flexibility index (Phi) is 6.66. The molecule has 180 valence electrons. The summed E-state index contributed by atoms with van der Waals surface area (Å²) < 4.78 is 34.7. The number of thiophene rings is 1. The van der Waals surface area contributed by atoms with Gasteiger partial charge in [0.05, 0.1) is 17.2 Å². The number of halogens is 1. The third-order valence-electron chi connectivity index (χ3n) is 7.63. The fourth-order valence-electron chi connectivity index (χ4n) is 5.80. The van der Waals surface area contributed by atoms with Gasteiger partial charge in [0.2, 0.25) is 10.0 Å². The molecule has 1 saturated carbocycles. The number of hydrogen-bond donors (Lipinski definition) is 1. The zero-order chi connectivity index (χ0) is 23.2. The van der Waals surface area contributed by atoms with Crippen LogP contribution in [-0.4, -0.2) is 45.1 Å². The van der Waals surface area contributed by atoms with Gasteiger partial charge in [-0.2, -0.15) is 0 Å². The van der Waals surface area contributed by atoms with E-state index in [-0.39, 0.29) is 21.6 Å². The maximum Gasteiger partial charge on any atom is 0.242 e. The smallest absolute Gasteiger partial charge is 0.242 e. The molecule has 2 atom stereocenters. The fourth-order valence-corrected chi connectivity index (χ4v) is 8.76. The molecule has 0 amide bonds. The van der Waals surface area contributed by atoms with E-state index < -0.39 is 10.0 Å². The third-order valence-corrected chi connectivity index (χ3v) is 11.0. The summed E-state index contributed by atoms with van der Waals surface area (Å²) in [5.41, 5.74) is 1.35. The Morgan fingerprint density at radius 1 is 1.30 bits per heavy atom. The highest BCUT2D eigenvalue weighted by molar-refractivity contribution is 7.89. The summed E-state index contributed by atoms with van der Waals surface area (Å²) in [5, 5.41) is 0.265. The number of hydrogen-bond acceptors (Lipinski definition) is 5. The van der Waals surface area contributed by atoms with Crippen LogP contribution < -0.4 is 4.72 Å². The predicted octanol–water partition coefficient (Wildman–Crippen LogP) is 4.97. The van der Waals surface area contributed by atoms with Crippen molar-refractivity contribution in [1.82, 2.24) is 9.62 Å². The normalized spacial score (nSPS) is 30.2. The van der Waals surface area contributed by atoms with Crippen molar-refractivity contribution >= 4 is 33.0 Å². The van der Waals surface area contributed by atoms with Crippen molar-refractivity contribution in [1.29, 1.82) is 0 Å². The number of rotatable bonds is 6. The van der Waals surface area contributed by atoms with Crippen LogP contribution in [0, 0.1) is 5.92 Å². The molecule has 1 aromatic carbocycles. The van der Waals surface area contributed by atoms with Gasteiger partial charge in [-0.3, -0.25) is 0 Å². The van der Waals surface area contributed by atoms with Gasteiger partial charge in [0, 0.05) is 41.3 Å². The average Bonchev–Trinajstić information content (AvgIpc) is 3.19. The van der Waals surface area contributed by atoms with E-state index in [1.807, 2.05) is 11.3 Å². The van der Waals surface area contributed by atoms with E-state index in [0.29, 0.717) is 12.0 Å². The van der Waals surface area contributed by atoms with Gasteiger partial charge in [-0.15, -0.1) is 11.3 Å². The molecule has 3 aliphatic rings. The van der Waals surface area contributed by atoms with Gasteiger partial charge in [0.15, 0.2) is 0 Å². The minimum atomic E-state index is -3.58. The summed E-state index contributed by atoms with van der Waals surface area (Å²) >= 11 is 8.07. The Morgan fingerprint density at radius 3 is 2.82 bits per heavy atom. The highest BCUT2D eigenvalue weighted by Gasteiger charge is 2.45. The van der Waals surface area contributed by atoms with Crippen molar-refractivity contribution in [3.05, 3.63) is 50.7 Å². The molecule has 0 bridgehead atoms. The quantitative estimate of drug-likeness (QED) is 0.598. The van der Waals surface area contributed by atoms with Gasteiger partial charge in [-0.1, -0.05) is 30.7 Å². The van der Waals surface area contributed by atoms with Crippen LogP contribution in [0.15, 0.2) is 35.2 Å². The van der Waals surface area contributed by atoms with E-state index >= 15 is 0 Å². The Hall–Kier alpha value is -0.960. The Balaban J connectivity index is 1.16. The minimum Gasteiger partial charge on any atom is -0.370 e. The molecule has 5 nitrogen and oxygen atoms in total. The number of piperidine rings is 1. The first-order valence-electron chi connectivity index (χ1n) is 12.1. The SMILES string of the molecule is CCc1cc2c(s1)CCO[C@@]21CCN(C[C@H]2C[C@@H](NS(=O)(=O)c3ccccc3Cl)C2)[C@@H](C)C1. The van der Waals surface area contributed by atoms with Gasteiger partial charge in [0.1, 0.15) is 4.90 Å². The summed E-state index contributed by atoms with van der Waals surface area (Å²) in [6.45, 7) is 7.44. The molecule has 1 spiro atoms. The number of fused-ring (bicyclic) bond motifs is 2. The largest absolute Gasteiger partial charge is 0.370 e.